The van der Waals surface area contributed by atoms with Gasteiger partial charge in [0.15, 0.2) is 11.5 Å². The molecule has 0 aliphatic rings. The van der Waals surface area contributed by atoms with Crippen LogP contribution >= 0.6 is 11.8 Å². The fourth-order valence-electron chi connectivity index (χ4n) is 2.47. The lowest BCUT2D eigenvalue weighted by Crippen LogP contribution is -2.00. The van der Waals surface area contributed by atoms with Crippen LogP contribution in [0.25, 0.3) is 10.9 Å². The number of carboxylic acids is 1. The molecule has 3 aromatic rings. The maximum absolute atomic E-state index is 11.3. The first-order valence-corrected chi connectivity index (χ1v) is 8.43. The number of carboxylic acid groups (broad SMARTS) is 1. The third-order valence-electron chi connectivity index (χ3n) is 3.70. The minimum Gasteiger partial charge on any atom is -0.493 e. The fraction of sp³-hybridized carbons (Fsp3) is 0.167. The van der Waals surface area contributed by atoms with Crippen molar-refractivity contribution in [1.29, 1.82) is 0 Å². The second-order valence-electron chi connectivity index (χ2n) is 5.14. The van der Waals surface area contributed by atoms with E-state index in [1.807, 2.05) is 18.2 Å². The number of aromatic carboxylic acids is 1. The molecule has 7 heteroatoms. The number of hydrogen-bond donors (Lipinski definition) is 1. The summed E-state index contributed by atoms with van der Waals surface area (Å²) in [4.78, 5) is 19.9. The lowest BCUT2D eigenvalue weighted by Gasteiger charge is -2.11. The predicted molar refractivity (Wildman–Crippen MR) is 95.6 cm³/mol. The molecular formula is C18H16N2O4S. The molecule has 6 nitrogen and oxygen atoms in total. The number of carbonyl (C=O) groups is 1. The third kappa shape index (κ3) is 3.51. The summed E-state index contributed by atoms with van der Waals surface area (Å²) in [7, 11) is 3.17. The van der Waals surface area contributed by atoms with Gasteiger partial charge in [-0.15, -0.1) is 11.8 Å². The van der Waals surface area contributed by atoms with Crippen LogP contribution in [-0.2, 0) is 5.75 Å². The van der Waals surface area contributed by atoms with Gasteiger partial charge >= 0.3 is 5.97 Å². The molecule has 0 saturated carbocycles. The highest BCUT2D eigenvalue weighted by Crippen LogP contribution is 2.34. The topological polar surface area (TPSA) is 81.5 Å². The van der Waals surface area contributed by atoms with Crippen molar-refractivity contribution in [3.63, 3.8) is 0 Å². The molecule has 25 heavy (non-hydrogen) atoms. The van der Waals surface area contributed by atoms with E-state index in [0.29, 0.717) is 22.3 Å². The van der Waals surface area contributed by atoms with Gasteiger partial charge in [-0.05, 0) is 29.8 Å². The van der Waals surface area contributed by atoms with Gasteiger partial charge in [-0.1, -0.05) is 0 Å². The molecule has 0 aliphatic heterocycles. The Bertz CT molecular complexity index is 930. The fourth-order valence-corrected chi connectivity index (χ4v) is 3.46. The van der Waals surface area contributed by atoms with Crippen molar-refractivity contribution in [1.82, 2.24) is 9.97 Å². The summed E-state index contributed by atoms with van der Waals surface area (Å²) in [5.41, 5.74) is 2.00. The molecule has 0 radical (unpaired) electrons. The van der Waals surface area contributed by atoms with E-state index in [1.54, 1.807) is 38.7 Å². The molecule has 1 aromatic carbocycles. The normalized spacial score (nSPS) is 10.6. The molecule has 3 rings (SSSR count). The van der Waals surface area contributed by atoms with Gasteiger partial charge in [0.2, 0.25) is 0 Å². The number of methoxy groups -OCH3 is 2. The van der Waals surface area contributed by atoms with Crippen LogP contribution in [0, 0.1) is 0 Å². The summed E-state index contributed by atoms with van der Waals surface area (Å²) < 4.78 is 10.7. The van der Waals surface area contributed by atoms with Crippen LogP contribution in [0.15, 0.2) is 47.8 Å². The Hall–Kier alpha value is -2.80. The van der Waals surface area contributed by atoms with Gasteiger partial charge in [-0.2, -0.15) is 0 Å². The smallest absolute Gasteiger partial charge is 0.338 e. The molecule has 0 saturated heterocycles. The lowest BCUT2D eigenvalue weighted by molar-refractivity contribution is 0.0692. The average Bonchev–Trinajstić information content (AvgIpc) is 2.65. The number of fused-ring (bicyclic) bond motifs is 1. The molecule has 0 fully saturated rings. The van der Waals surface area contributed by atoms with E-state index in [0.717, 1.165) is 16.5 Å². The van der Waals surface area contributed by atoms with Gasteiger partial charge < -0.3 is 14.6 Å². The summed E-state index contributed by atoms with van der Waals surface area (Å²) >= 11 is 1.37. The predicted octanol–water partition coefficient (Wildman–Crippen LogP) is 3.64. The quantitative estimate of drug-likeness (QED) is 0.675. The van der Waals surface area contributed by atoms with Crippen molar-refractivity contribution >= 4 is 28.6 Å². The highest BCUT2D eigenvalue weighted by molar-refractivity contribution is 7.98. The van der Waals surface area contributed by atoms with Crippen LogP contribution in [0.4, 0.5) is 0 Å². The van der Waals surface area contributed by atoms with E-state index < -0.39 is 5.97 Å². The zero-order chi connectivity index (χ0) is 17.8. The molecule has 2 aromatic heterocycles. The van der Waals surface area contributed by atoms with Crippen molar-refractivity contribution < 1.29 is 19.4 Å². The Morgan fingerprint density at radius 3 is 2.60 bits per heavy atom. The first kappa shape index (κ1) is 17.0. The molecule has 128 valence electrons. The van der Waals surface area contributed by atoms with Crippen molar-refractivity contribution in [2.45, 2.75) is 10.8 Å². The van der Waals surface area contributed by atoms with Gasteiger partial charge in [0, 0.05) is 29.6 Å². The van der Waals surface area contributed by atoms with E-state index in [2.05, 4.69) is 9.97 Å². The zero-order valence-electron chi connectivity index (χ0n) is 13.7. The monoisotopic (exact) mass is 356 g/mol. The standard InChI is InChI=1S/C18H16N2O4S/c1-23-15-8-13-11(5-7-19-14(13)9-16(15)24-2)10-25-17-12(18(21)22)4-3-6-20-17/h3-9H,10H2,1-2H3,(H,21,22). The van der Waals surface area contributed by atoms with Crippen molar-refractivity contribution in [3.8, 4) is 11.5 Å². The molecule has 0 spiro atoms. The highest BCUT2D eigenvalue weighted by Gasteiger charge is 2.13. The average molecular weight is 356 g/mol. The summed E-state index contributed by atoms with van der Waals surface area (Å²) in [6.45, 7) is 0. The largest absolute Gasteiger partial charge is 0.493 e. The van der Waals surface area contributed by atoms with Crippen LogP contribution in [-0.4, -0.2) is 35.3 Å². The van der Waals surface area contributed by atoms with Gasteiger partial charge in [-0.3, -0.25) is 4.98 Å². The van der Waals surface area contributed by atoms with Gasteiger partial charge in [0.05, 0.1) is 25.3 Å². The van der Waals surface area contributed by atoms with Gasteiger partial charge in [0.1, 0.15) is 5.03 Å². The van der Waals surface area contributed by atoms with Crippen molar-refractivity contribution in [2.75, 3.05) is 14.2 Å². The summed E-state index contributed by atoms with van der Waals surface area (Å²) in [5, 5.41) is 10.7. The maximum atomic E-state index is 11.3. The first-order chi connectivity index (χ1) is 12.1. The number of pyridine rings is 2. The second-order valence-corrected chi connectivity index (χ2v) is 6.11. The number of rotatable bonds is 6. The number of nitrogens with zero attached hydrogens (tertiary/aromatic N) is 2. The minimum atomic E-state index is -0.985. The van der Waals surface area contributed by atoms with Crippen LogP contribution in [0.3, 0.4) is 0 Å². The molecule has 1 N–H and O–H groups in total. The number of ether oxygens (including phenoxy) is 2. The Kier molecular flexibility index (Phi) is 5.04. The number of thioether (sulfide) groups is 1. The Balaban J connectivity index is 1.96. The Morgan fingerprint density at radius 2 is 1.88 bits per heavy atom. The van der Waals surface area contributed by atoms with E-state index in [1.165, 1.54) is 11.8 Å². The zero-order valence-corrected chi connectivity index (χ0v) is 14.5. The van der Waals surface area contributed by atoms with E-state index in [4.69, 9.17) is 9.47 Å². The van der Waals surface area contributed by atoms with E-state index in [-0.39, 0.29) is 5.56 Å². The Morgan fingerprint density at radius 1 is 1.12 bits per heavy atom. The summed E-state index contributed by atoms with van der Waals surface area (Å²) in [6, 6.07) is 8.78. The van der Waals surface area contributed by atoms with Crippen LogP contribution in [0.2, 0.25) is 0 Å². The van der Waals surface area contributed by atoms with E-state index >= 15 is 0 Å². The van der Waals surface area contributed by atoms with Crippen molar-refractivity contribution in [2.24, 2.45) is 0 Å². The van der Waals surface area contributed by atoms with Gasteiger partial charge in [-0.25, -0.2) is 9.78 Å². The van der Waals surface area contributed by atoms with Crippen LogP contribution < -0.4 is 9.47 Å². The highest BCUT2D eigenvalue weighted by atomic mass is 32.2. The molecular weight excluding hydrogens is 340 g/mol. The van der Waals surface area contributed by atoms with Crippen molar-refractivity contribution in [3.05, 3.63) is 53.9 Å². The molecule has 0 atom stereocenters. The SMILES string of the molecule is COc1cc2nccc(CSc3ncccc3C(=O)O)c2cc1OC. The minimum absolute atomic E-state index is 0.199. The molecule has 0 unspecified atom stereocenters. The summed E-state index contributed by atoms with van der Waals surface area (Å²) in [6.07, 6.45) is 3.31. The van der Waals surface area contributed by atoms with E-state index in [9.17, 15) is 9.90 Å². The molecule has 0 aliphatic carbocycles. The van der Waals surface area contributed by atoms with Crippen LogP contribution in [0.5, 0.6) is 11.5 Å². The van der Waals surface area contributed by atoms with Gasteiger partial charge in [0.25, 0.3) is 0 Å². The molecule has 2 heterocycles. The number of aromatic nitrogens is 2. The Labute approximate surface area is 148 Å². The second kappa shape index (κ2) is 7.40. The third-order valence-corrected chi connectivity index (χ3v) is 4.76. The molecule has 0 bridgehead atoms. The lowest BCUT2D eigenvalue weighted by atomic mass is 10.1. The van der Waals surface area contributed by atoms with Crippen LogP contribution in [0.1, 0.15) is 15.9 Å². The maximum Gasteiger partial charge on any atom is 0.338 e. The number of hydrogen-bond acceptors (Lipinski definition) is 6. The number of benzene rings is 1. The first-order valence-electron chi connectivity index (χ1n) is 7.44. The summed E-state index contributed by atoms with van der Waals surface area (Å²) in [5.74, 6) is 0.816. The molecule has 0 amide bonds.